The van der Waals surface area contributed by atoms with Gasteiger partial charge in [0, 0.05) is 38.9 Å². The lowest BCUT2D eigenvalue weighted by Crippen LogP contribution is -2.55. The van der Waals surface area contributed by atoms with E-state index in [2.05, 4.69) is 26.6 Å². The van der Waals surface area contributed by atoms with Gasteiger partial charge in [0.05, 0.1) is 11.6 Å². The molecule has 0 spiro atoms. The van der Waals surface area contributed by atoms with Gasteiger partial charge in [0.1, 0.15) is 11.9 Å². The second-order valence-corrected chi connectivity index (χ2v) is 6.28. The average Bonchev–Trinajstić information content (AvgIpc) is 2.86. The summed E-state index contributed by atoms with van der Waals surface area (Å²) in [6.45, 7) is 3.08. The van der Waals surface area contributed by atoms with Gasteiger partial charge in [-0.2, -0.15) is 5.26 Å². The van der Waals surface area contributed by atoms with Gasteiger partial charge in [0.15, 0.2) is 0 Å². The molecule has 8 nitrogen and oxygen atoms in total. The second kappa shape index (κ2) is 7.83. The molecular weight excluding hydrogens is 320 g/mol. The monoisotopic (exact) mass is 342 g/mol. The number of urea groups is 1. The predicted octanol–water partition coefficient (Wildman–Crippen LogP) is 0.454. The van der Waals surface area contributed by atoms with E-state index in [0.717, 1.165) is 18.7 Å². The topological polar surface area (TPSA) is 101 Å². The van der Waals surface area contributed by atoms with E-state index < -0.39 is 6.04 Å². The van der Waals surface area contributed by atoms with Crippen molar-refractivity contribution in [1.29, 1.82) is 5.26 Å². The number of hydrogen-bond acceptors (Lipinski definition) is 5. The number of carbonyl (C=O) groups is 2. The number of anilines is 1. The Morgan fingerprint density at radius 1 is 1.32 bits per heavy atom. The number of amides is 3. The summed E-state index contributed by atoms with van der Waals surface area (Å²) in [6.07, 6.45) is 4.18. The third-order valence-corrected chi connectivity index (χ3v) is 4.60. The largest absolute Gasteiger partial charge is 0.354 e. The Balaban J connectivity index is 1.53. The highest BCUT2D eigenvalue weighted by molar-refractivity contribution is 5.87. The first-order valence-corrected chi connectivity index (χ1v) is 8.61. The van der Waals surface area contributed by atoms with Crippen molar-refractivity contribution in [2.45, 2.75) is 25.3 Å². The van der Waals surface area contributed by atoms with E-state index in [1.165, 1.54) is 0 Å². The molecule has 2 fully saturated rings. The Morgan fingerprint density at radius 3 is 2.88 bits per heavy atom. The van der Waals surface area contributed by atoms with Gasteiger partial charge in [-0.05, 0) is 31.4 Å². The molecule has 1 aromatic rings. The lowest BCUT2D eigenvalue weighted by molar-refractivity contribution is -0.122. The van der Waals surface area contributed by atoms with Crippen LogP contribution in [0.15, 0.2) is 18.3 Å². The van der Waals surface area contributed by atoms with Gasteiger partial charge in [0.25, 0.3) is 0 Å². The second-order valence-electron chi connectivity index (χ2n) is 6.28. The molecule has 2 saturated heterocycles. The highest BCUT2D eigenvalue weighted by Gasteiger charge is 2.27. The van der Waals surface area contributed by atoms with Crippen LogP contribution >= 0.6 is 0 Å². The Hall–Kier alpha value is -2.82. The van der Waals surface area contributed by atoms with Crippen LogP contribution in [0.5, 0.6) is 0 Å². The van der Waals surface area contributed by atoms with Crippen molar-refractivity contribution >= 4 is 17.8 Å². The molecule has 132 valence electrons. The maximum atomic E-state index is 12.4. The zero-order valence-corrected chi connectivity index (χ0v) is 14.1. The van der Waals surface area contributed by atoms with E-state index in [0.29, 0.717) is 44.7 Å². The van der Waals surface area contributed by atoms with Gasteiger partial charge in [-0.15, -0.1) is 0 Å². The average molecular weight is 342 g/mol. The highest BCUT2D eigenvalue weighted by atomic mass is 16.2. The Bertz CT molecular complexity index is 678. The summed E-state index contributed by atoms with van der Waals surface area (Å²) in [6, 6.07) is 4.90. The summed E-state index contributed by atoms with van der Waals surface area (Å²) >= 11 is 0. The third kappa shape index (κ3) is 4.18. The minimum Gasteiger partial charge on any atom is -0.354 e. The summed E-state index contributed by atoms with van der Waals surface area (Å²) in [4.78, 5) is 32.4. The standard InChI is InChI=1S/C17H22N6O2/c18-12-13-4-6-19-15(11-13)22-7-9-23(10-8-22)17(25)21-14-3-1-2-5-20-16(14)24/h4,6,11,14H,1-3,5,7-10H2,(H,20,24)(H,21,25). The van der Waals surface area contributed by atoms with E-state index in [-0.39, 0.29) is 11.9 Å². The SMILES string of the molecule is N#Cc1ccnc(N2CCN(C(=O)NC3CCCCNC3=O)CC2)c1. The molecule has 3 heterocycles. The normalized spacial score (nSPS) is 21.1. The molecule has 0 aromatic carbocycles. The van der Waals surface area contributed by atoms with Gasteiger partial charge in [-0.1, -0.05) is 0 Å². The number of piperazine rings is 1. The zero-order chi connectivity index (χ0) is 17.6. The summed E-state index contributed by atoms with van der Waals surface area (Å²) in [7, 11) is 0. The molecule has 1 unspecified atom stereocenters. The van der Waals surface area contributed by atoms with Crippen molar-refractivity contribution in [2.24, 2.45) is 0 Å². The third-order valence-electron chi connectivity index (χ3n) is 4.60. The maximum Gasteiger partial charge on any atom is 0.318 e. The van der Waals surface area contributed by atoms with E-state index in [1.807, 2.05) is 0 Å². The molecule has 2 aliphatic heterocycles. The molecular formula is C17H22N6O2. The number of nitrogens with zero attached hydrogens (tertiary/aromatic N) is 4. The first-order chi connectivity index (χ1) is 12.2. The van der Waals surface area contributed by atoms with Crippen LogP contribution in [0, 0.1) is 11.3 Å². The van der Waals surface area contributed by atoms with Crippen molar-refractivity contribution in [1.82, 2.24) is 20.5 Å². The van der Waals surface area contributed by atoms with Crippen molar-refractivity contribution < 1.29 is 9.59 Å². The predicted molar refractivity (Wildman–Crippen MR) is 91.9 cm³/mol. The highest BCUT2D eigenvalue weighted by Crippen LogP contribution is 2.15. The quantitative estimate of drug-likeness (QED) is 0.813. The number of hydrogen-bond donors (Lipinski definition) is 2. The molecule has 25 heavy (non-hydrogen) atoms. The number of pyridine rings is 1. The van der Waals surface area contributed by atoms with Crippen LogP contribution in [0.1, 0.15) is 24.8 Å². The van der Waals surface area contributed by atoms with Crippen LogP contribution in [0.2, 0.25) is 0 Å². The van der Waals surface area contributed by atoms with Crippen LogP contribution in [0.3, 0.4) is 0 Å². The molecule has 0 bridgehead atoms. The lowest BCUT2D eigenvalue weighted by atomic mass is 10.1. The number of nitriles is 1. The summed E-state index contributed by atoms with van der Waals surface area (Å²) in [5.41, 5.74) is 0.574. The zero-order valence-electron chi connectivity index (χ0n) is 14.1. The van der Waals surface area contributed by atoms with Crippen LogP contribution in [-0.4, -0.2) is 60.6 Å². The van der Waals surface area contributed by atoms with Gasteiger partial charge in [-0.3, -0.25) is 4.79 Å². The number of carbonyl (C=O) groups excluding carboxylic acids is 2. The van der Waals surface area contributed by atoms with E-state index in [4.69, 9.17) is 5.26 Å². The summed E-state index contributed by atoms with van der Waals surface area (Å²) in [5.74, 6) is 0.657. The smallest absolute Gasteiger partial charge is 0.318 e. The lowest BCUT2D eigenvalue weighted by Gasteiger charge is -2.36. The fraction of sp³-hybridized carbons (Fsp3) is 0.529. The van der Waals surface area contributed by atoms with Crippen molar-refractivity contribution in [3.8, 4) is 6.07 Å². The maximum absolute atomic E-state index is 12.4. The molecule has 0 saturated carbocycles. The van der Waals surface area contributed by atoms with Crippen molar-refractivity contribution in [2.75, 3.05) is 37.6 Å². The Morgan fingerprint density at radius 2 is 2.12 bits per heavy atom. The molecule has 3 amide bonds. The number of nitrogens with one attached hydrogen (secondary N) is 2. The van der Waals surface area contributed by atoms with Crippen LogP contribution in [0.25, 0.3) is 0 Å². The molecule has 3 rings (SSSR count). The van der Waals surface area contributed by atoms with Crippen molar-refractivity contribution in [3.05, 3.63) is 23.9 Å². The number of aromatic nitrogens is 1. The van der Waals surface area contributed by atoms with Gasteiger partial charge in [-0.25, -0.2) is 9.78 Å². The van der Waals surface area contributed by atoms with Crippen LogP contribution in [-0.2, 0) is 4.79 Å². The van der Waals surface area contributed by atoms with Crippen LogP contribution in [0.4, 0.5) is 10.6 Å². The van der Waals surface area contributed by atoms with Gasteiger partial charge >= 0.3 is 6.03 Å². The number of rotatable bonds is 2. The molecule has 1 aromatic heterocycles. The van der Waals surface area contributed by atoms with Gasteiger partial charge < -0.3 is 20.4 Å². The minimum absolute atomic E-state index is 0.0954. The Kier molecular flexibility index (Phi) is 5.33. The van der Waals surface area contributed by atoms with Crippen LogP contribution < -0.4 is 15.5 Å². The summed E-state index contributed by atoms with van der Waals surface area (Å²) in [5, 5.41) is 14.7. The first kappa shape index (κ1) is 17.0. The molecule has 2 N–H and O–H groups in total. The van der Waals surface area contributed by atoms with Crippen molar-refractivity contribution in [3.63, 3.8) is 0 Å². The van der Waals surface area contributed by atoms with E-state index >= 15 is 0 Å². The molecule has 0 radical (unpaired) electrons. The fourth-order valence-electron chi connectivity index (χ4n) is 3.12. The van der Waals surface area contributed by atoms with Gasteiger partial charge in [0.2, 0.25) is 5.91 Å². The molecule has 8 heteroatoms. The Labute approximate surface area is 146 Å². The summed E-state index contributed by atoms with van der Waals surface area (Å²) < 4.78 is 0. The molecule has 1 atom stereocenters. The fourth-order valence-corrected chi connectivity index (χ4v) is 3.12. The van der Waals surface area contributed by atoms with E-state index in [9.17, 15) is 9.59 Å². The molecule has 2 aliphatic rings. The first-order valence-electron chi connectivity index (χ1n) is 8.61. The van der Waals surface area contributed by atoms with E-state index in [1.54, 1.807) is 23.2 Å². The molecule has 0 aliphatic carbocycles. The minimum atomic E-state index is -0.443.